The molecule has 0 saturated heterocycles. The molecule has 2 rings (SSSR count). The number of ether oxygens (including phenoxy) is 1. The fourth-order valence-corrected chi connectivity index (χ4v) is 2.40. The highest BCUT2D eigenvalue weighted by molar-refractivity contribution is 9.10. The molecule has 0 radical (unpaired) electrons. The molecule has 0 atom stereocenters. The molecule has 0 aliphatic rings. The lowest BCUT2D eigenvalue weighted by Gasteiger charge is -2.09. The number of aromatic amines is 1. The number of aromatic nitrogens is 2. The minimum absolute atomic E-state index is 0.384. The molecule has 0 fully saturated rings. The van der Waals surface area contributed by atoms with Crippen LogP contribution in [-0.2, 0) is 6.54 Å². The topological polar surface area (TPSA) is 63.9 Å². The summed E-state index contributed by atoms with van der Waals surface area (Å²) < 4.78 is 6.21. The van der Waals surface area contributed by atoms with Crippen LogP contribution >= 0.6 is 27.5 Å². The molecule has 6 heteroatoms. The molecule has 1 heterocycles. The number of hydrogen-bond acceptors (Lipinski definition) is 3. The van der Waals surface area contributed by atoms with Crippen LogP contribution in [0.15, 0.2) is 16.6 Å². The van der Waals surface area contributed by atoms with Crippen LogP contribution in [0.1, 0.15) is 11.3 Å². The number of hydrogen-bond donors (Lipinski definition) is 2. The minimum Gasteiger partial charge on any atom is -0.496 e. The molecule has 0 saturated carbocycles. The van der Waals surface area contributed by atoms with Gasteiger partial charge in [-0.05, 0) is 40.5 Å². The van der Waals surface area contributed by atoms with Gasteiger partial charge < -0.3 is 10.5 Å². The molecule has 1 aromatic heterocycles. The van der Waals surface area contributed by atoms with Crippen LogP contribution in [0.3, 0.4) is 0 Å². The molecular weight excluding hydrogens is 318 g/mol. The molecule has 3 N–H and O–H groups in total. The highest BCUT2D eigenvalue weighted by Crippen LogP contribution is 2.37. The predicted molar refractivity (Wildman–Crippen MR) is 75.9 cm³/mol. The highest BCUT2D eigenvalue weighted by atomic mass is 79.9. The summed E-state index contributed by atoms with van der Waals surface area (Å²) in [6, 6.07) is 3.73. The van der Waals surface area contributed by atoms with E-state index >= 15 is 0 Å². The van der Waals surface area contributed by atoms with Gasteiger partial charge in [0.15, 0.2) is 0 Å². The van der Waals surface area contributed by atoms with Crippen LogP contribution in [-0.4, -0.2) is 17.3 Å². The molecule has 0 unspecified atom stereocenters. The number of nitrogens with two attached hydrogens (primary N) is 1. The third kappa shape index (κ3) is 2.25. The van der Waals surface area contributed by atoms with E-state index in [0.717, 1.165) is 32.7 Å². The third-order valence-corrected chi connectivity index (χ3v) is 3.98. The number of methoxy groups -OCH3 is 1. The van der Waals surface area contributed by atoms with Gasteiger partial charge in [0.2, 0.25) is 0 Å². The van der Waals surface area contributed by atoms with Gasteiger partial charge in [0.25, 0.3) is 0 Å². The van der Waals surface area contributed by atoms with Crippen LogP contribution in [0.4, 0.5) is 0 Å². The molecule has 0 aliphatic carbocycles. The number of nitrogens with one attached hydrogen (secondary N) is 1. The summed E-state index contributed by atoms with van der Waals surface area (Å²) in [5.41, 5.74) is 8.98. The molecule has 1 aromatic carbocycles. The molecule has 4 nitrogen and oxygen atoms in total. The van der Waals surface area contributed by atoms with E-state index in [4.69, 9.17) is 22.1 Å². The summed E-state index contributed by atoms with van der Waals surface area (Å²) in [6.45, 7) is 2.31. The van der Waals surface area contributed by atoms with Crippen molar-refractivity contribution >= 4 is 27.5 Å². The van der Waals surface area contributed by atoms with Gasteiger partial charge in [0.05, 0.1) is 17.3 Å². The zero-order valence-corrected chi connectivity index (χ0v) is 12.4. The van der Waals surface area contributed by atoms with Crippen molar-refractivity contribution in [2.75, 3.05) is 7.11 Å². The number of H-pyrrole nitrogens is 1. The van der Waals surface area contributed by atoms with Crippen LogP contribution in [0.2, 0.25) is 5.02 Å². The second-order valence-corrected chi connectivity index (χ2v) is 5.07. The second-order valence-electron chi connectivity index (χ2n) is 3.87. The number of aryl methyl sites for hydroxylation is 1. The lowest BCUT2D eigenvalue weighted by atomic mass is 10.1. The van der Waals surface area contributed by atoms with Crippen molar-refractivity contribution < 1.29 is 4.74 Å². The summed E-state index contributed by atoms with van der Waals surface area (Å²) >= 11 is 9.63. The fraction of sp³-hybridized carbons (Fsp3) is 0.250. The van der Waals surface area contributed by atoms with E-state index < -0.39 is 0 Å². The quantitative estimate of drug-likeness (QED) is 0.908. The Kier molecular flexibility index (Phi) is 3.94. The second kappa shape index (κ2) is 5.30. The van der Waals surface area contributed by atoms with Crippen molar-refractivity contribution in [2.45, 2.75) is 13.5 Å². The Morgan fingerprint density at radius 2 is 2.22 bits per heavy atom. The van der Waals surface area contributed by atoms with Crippen molar-refractivity contribution in [1.82, 2.24) is 10.2 Å². The number of halogens is 2. The lowest BCUT2D eigenvalue weighted by molar-refractivity contribution is 0.416. The average Bonchev–Trinajstić information content (AvgIpc) is 2.73. The Labute approximate surface area is 119 Å². The fourth-order valence-electron chi connectivity index (χ4n) is 1.69. The first kappa shape index (κ1) is 13.4. The molecule has 0 aliphatic heterocycles. The summed E-state index contributed by atoms with van der Waals surface area (Å²) in [5.74, 6) is 0.729. The summed E-state index contributed by atoms with van der Waals surface area (Å²) in [6.07, 6.45) is 0. The van der Waals surface area contributed by atoms with Crippen molar-refractivity contribution in [3.8, 4) is 17.0 Å². The molecular formula is C12H13BrClN3O. The van der Waals surface area contributed by atoms with E-state index in [1.807, 2.05) is 19.1 Å². The molecule has 2 aromatic rings. The van der Waals surface area contributed by atoms with Crippen molar-refractivity contribution in [3.63, 3.8) is 0 Å². The maximum Gasteiger partial charge on any atom is 0.128 e. The average molecular weight is 331 g/mol. The van der Waals surface area contributed by atoms with Gasteiger partial charge in [-0.3, -0.25) is 5.10 Å². The minimum atomic E-state index is 0.384. The normalized spacial score (nSPS) is 10.7. The van der Waals surface area contributed by atoms with Crippen molar-refractivity contribution in [3.05, 3.63) is 32.9 Å². The molecule has 0 amide bonds. The molecule has 0 spiro atoms. The first-order chi connectivity index (χ1) is 8.58. The first-order valence-electron chi connectivity index (χ1n) is 5.35. The number of benzene rings is 1. The molecule has 0 bridgehead atoms. The molecule has 96 valence electrons. The van der Waals surface area contributed by atoms with Gasteiger partial charge in [0, 0.05) is 17.1 Å². The zero-order valence-electron chi connectivity index (χ0n) is 10.1. The van der Waals surface area contributed by atoms with Crippen LogP contribution in [0, 0.1) is 6.92 Å². The van der Waals surface area contributed by atoms with E-state index in [2.05, 4.69) is 26.1 Å². The van der Waals surface area contributed by atoms with Crippen LogP contribution in [0.25, 0.3) is 11.3 Å². The highest BCUT2D eigenvalue weighted by Gasteiger charge is 2.16. The van der Waals surface area contributed by atoms with Gasteiger partial charge in [-0.1, -0.05) is 11.6 Å². The van der Waals surface area contributed by atoms with E-state index in [1.165, 1.54) is 0 Å². The summed E-state index contributed by atoms with van der Waals surface area (Å²) in [7, 11) is 1.62. The van der Waals surface area contributed by atoms with Gasteiger partial charge in [-0.25, -0.2) is 0 Å². The van der Waals surface area contributed by atoms with Gasteiger partial charge in [0.1, 0.15) is 11.4 Å². The standard InChI is InChI=1S/C12H13BrClN3O/c1-6-3-10(18-2)7(4-8(6)14)12-11(13)9(5-15)16-17-12/h3-4H,5,15H2,1-2H3,(H,16,17). The maximum atomic E-state index is 6.15. The predicted octanol–water partition coefficient (Wildman–Crippen LogP) is 3.27. The van der Waals surface area contributed by atoms with Crippen molar-refractivity contribution in [2.24, 2.45) is 5.73 Å². The summed E-state index contributed by atoms with van der Waals surface area (Å²) in [5, 5.41) is 7.81. The van der Waals surface area contributed by atoms with Crippen molar-refractivity contribution in [1.29, 1.82) is 0 Å². The Bertz CT molecular complexity index is 583. The third-order valence-electron chi connectivity index (χ3n) is 2.72. The van der Waals surface area contributed by atoms with Crippen LogP contribution in [0.5, 0.6) is 5.75 Å². The monoisotopic (exact) mass is 329 g/mol. The summed E-state index contributed by atoms with van der Waals surface area (Å²) in [4.78, 5) is 0. The molecule has 18 heavy (non-hydrogen) atoms. The maximum absolute atomic E-state index is 6.15. The Hall–Kier alpha value is -1.04. The smallest absolute Gasteiger partial charge is 0.128 e. The Balaban J connectivity index is 2.62. The number of rotatable bonds is 3. The largest absolute Gasteiger partial charge is 0.496 e. The van der Waals surface area contributed by atoms with E-state index in [1.54, 1.807) is 7.11 Å². The van der Waals surface area contributed by atoms with Gasteiger partial charge >= 0.3 is 0 Å². The zero-order chi connectivity index (χ0) is 13.3. The lowest BCUT2D eigenvalue weighted by Crippen LogP contribution is -1.96. The SMILES string of the molecule is COc1cc(C)c(Cl)cc1-c1n[nH]c(CN)c1Br. The Morgan fingerprint density at radius 1 is 1.50 bits per heavy atom. The van der Waals surface area contributed by atoms with E-state index in [9.17, 15) is 0 Å². The van der Waals surface area contributed by atoms with Gasteiger partial charge in [-0.15, -0.1) is 0 Å². The Morgan fingerprint density at radius 3 is 2.78 bits per heavy atom. The van der Waals surface area contributed by atoms with Gasteiger partial charge in [-0.2, -0.15) is 5.10 Å². The number of nitrogens with zero attached hydrogens (tertiary/aromatic N) is 1. The van der Waals surface area contributed by atoms with E-state index in [-0.39, 0.29) is 0 Å². The van der Waals surface area contributed by atoms with Crippen LogP contribution < -0.4 is 10.5 Å². The first-order valence-corrected chi connectivity index (χ1v) is 6.53. The van der Waals surface area contributed by atoms with E-state index in [0.29, 0.717) is 11.6 Å².